The fraction of sp³-hybridized carbons (Fsp3) is 0.357. The number of hydrogen-bond acceptors (Lipinski definition) is 2. The van der Waals surface area contributed by atoms with Gasteiger partial charge in [0.2, 0.25) is 0 Å². The molecule has 0 saturated heterocycles. The number of aryl methyl sites for hydroxylation is 1. The van der Waals surface area contributed by atoms with Crippen LogP contribution in [-0.2, 0) is 12.1 Å². The van der Waals surface area contributed by atoms with Gasteiger partial charge in [-0.3, -0.25) is 5.10 Å². The number of halogens is 3. The third-order valence-electron chi connectivity index (χ3n) is 3.30. The van der Waals surface area contributed by atoms with Crippen LogP contribution in [0.15, 0.2) is 24.4 Å². The van der Waals surface area contributed by atoms with Crippen molar-refractivity contribution in [3.8, 4) is 0 Å². The maximum Gasteiger partial charge on any atom is 0.0595 e. The van der Waals surface area contributed by atoms with E-state index in [0.29, 0.717) is 10.0 Å². The van der Waals surface area contributed by atoms with Crippen LogP contribution in [0.1, 0.15) is 30.7 Å². The SMILES string of the molecule is Cc1[nH]ncc1CNC(C)(C)c1ccc(Cl)c(Cl)c1.Cl. The van der Waals surface area contributed by atoms with Gasteiger partial charge in [-0.05, 0) is 38.5 Å². The third kappa shape index (κ3) is 3.89. The Morgan fingerprint density at radius 2 is 1.95 bits per heavy atom. The van der Waals surface area contributed by atoms with Crippen LogP contribution in [0.5, 0.6) is 0 Å². The number of aromatic amines is 1. The number of nitrogens with zero attached hydrogens (tertiary/aromatic N) is 1. The molecule has 2 N–H and O–H groups in total. The average Bonchev–Trinajstić information content (AvgIpc) is 2.76. The molecule has 2 rings (SSSR count). The Kier molecular flexibility index (Phi) is 5.90. The molecule has 0 unspecified atom stereocenters. The second kappa shape index (κ2) is 6.81. The monoisotopic (exact) mass is 333 g/mol. The smallest absolute Gasteiger partial charge is 0.0595 e. The van der Waals surface area contributed by atoms with Crippen molar-refractivity contribution in [3.05, 3.63) is 51.3 Å². The molecule has 0 amide bonds. The molecule has 0 spiro atoms. The van der Waals surface area contributed by atoms with Crippen molar-refractivity contribution in [1.29, 1.82) is 0 Å². The summed E-state index contributed by atoms with van der Waals surface area (Å²) in [6.45, 7) is 6.98. The molecule has 110 valence electrons. The van der Waals surface area contributed by atoms with E-state index in [0.717, 1.165) is 23.4 Å². The maximum absolute atomic E-state index is 6.07. The molecule has 1 aromatic carbocycles. The van der Waals surface area contributed by atoms with E-state index in [9.17, 15) is 0 Å². The standard InChI is InChI=1S/C14H17Cl2N3.ClH/c1-9-10(8-18-19-9)7-17-14(2,3)11-4-5-12(15)13(16)6-11;/h4-6,8,17H,7H2,1-3H3,(H,18,19);1H. The molecule has 0 atom stereocenters. The van der Waals surface area contributed by atoms with Gasteiger partial charge in [0.05, 0.1) is 16.2 Å². The number of hydrogen-bond donors (Lipinski definition) is 2. The molecule has 0 aliphatic rings. The van der Waals surface area contributed by atoms with Crippen LogP contribution in [-0.4, -0.2) is 10.2 Å². The molecule has 3 nitrogen and oxygen atoms in total. The summed E-state index contributed by atoms with van der Waals surface area (Å²) < 4.78 is 0. The number of H-pyrrole nitrogens is 1. The number of rotatable bonds is 4. The van der Waals surface area contributed by atoms with E-state index in [4.69, 9.17) is 23.2 Å². The highest BCUT2D eigenvalue weighted by atomic mass is 35.5. The summed E-state index contributed by atoms with van der Waals surface area (Å²) >= 11 is 12.0. The summed E-state index contributed by atoms with van der Waals surface area (Å²) in [6, 6.07) is 5.72. The van der Waals surface area contributed by atoms with E-state index in [1.54, 1.807) is 0 Å². The minimum atomic E-state index is -0.196. The van der Waals surface area contributed by atoms with Gasteiger partial charge in [-0.2, -0.15) is 5.10 Å². The van der Waals surface area contributed by atoms with Gasteiger partial charge in [0.1, 0.15) is 0 Å². The normalized spacial score (nSPS) is 11.2. The maximum atomic E-state index is 6.07. The fourth-order valence-electron chi connectivity index (χ4n) is 1.86. The Morgan fingerprint density at radius 3 is 2.50 bits per heavy atom. The lowest BCUT2D eigenvalue weighted by Crippen LogP contribution is -2.36. The second-order valence-electron chi connectivity index (χ2n) is 5.13. The molecule has 6 heteroatoms. The molecule has 0 bridgehead atoms. The Hall–Kier alpha value is -0.740. The van der Waals surface area contributed by atoms with Gasteiger partial charge in [0, 0.05) is 23.3 Å². The van der Waals surface area contributed by atoms with Crippen molar-refractivity contribution in [2.75, 3.05) is 0 Å². The second-order valence-corrected chi connectivity index (χ2v) is 5.94. The first-order valence-electron chi connectivity index (χ1n) is 6.09. The van der Waals surface area contributed by atoms with Crippen molar-refractivity contribution in [1.82, 2.24) is 15.5 Å². The zero-order chi connectivity index (χ0) is 14.0. The minimum absolute atomic E-state index is 0. The van der Waals surface area contributed by atoms with Crippen LogP contribution < -0.4 is 5.32 Å². The predicted molar refractivity (Wildman–Crippen MR) is 86.9 cm³/mol. The quantitative estimate of drug-likeness (QED) is 0.866. The van der Waals surface area contributed by atoms with Gasteiger partial charge in [0.15, 0.2) is 0 Å². The van der Waals surface area contributed by atoms with Crippen LogP contribution >= 0.6 is 35.6 Å². The highest BCUT2D eigenvalue weighted by molar-refractivity contribution is 6.42. The molecule has 0 saturated carbocycles. The van der Waals surface area contributed by atoms with Gasteiger partial charge in [-0.1, -0.05) is 29.3 Å². The molecule has 0 fully saturated rings. The van der Waals surface area contributed by atoms with E-state index in [2.05, 4.69) is 29.4 Å². The van der Waals surface area contributed by atoms with Crippen LogP contribution in [0, 0.1) is 6.92 Å². The first kappa shape index (κ1) is 17.3. The minimum Gasteiger partial charge on any atom is -0.304 e. The van der Waals surface area contributed by atoms with Crippen molar-refractivity contribution in [2.24, 2.45) is 0 Å². The zero-order valence-electron chi connectivity index (χ0n) is 11.6. The number of aromatic nitrogens is 2. The van der Waals surface area contributed by atoms with Crippen LogP contribution in [0.2, 0.25) is 10.0 Å². The molecule has 20 heavy (non-hydrogen) atoms. The first-order valence-corrected chi connectivity index (χ1v) is 6.85. The summed E-state index contributed by atoms with van der Waals surface area (Å²) in [4.78, 5) is 0. The topological polar surface area (TPSA) is 40.7 Å². The molecule has 0 aliphatic heterocycles. The summed E-state index contributed by atoms with van der Waals surface area (Å²) in [6.07, 6.45) is 1.84. The first-order chi connectivity index (χ1) is 8.90. The molecule has 1 heterocycles. The lowest BCUT2D eigenvalue weighted by atomic mass is 9.94. The predicted octanol–water partition coefficient (Wildman–Crippen LogP) is 4.47. The van der Waals surface area contributed by atoms with Gasteiger partial charge >= 0.3 is 0 Å². The Balaban J connectivity index is 0.00000200. The molecule has 0 radical (unpaired) electrons. The average molecular weight is 335 g/mol. The van der Waals surface area contributed by atoms with E-state index in [1.807, 2.05) is 31.3 Å². The van der Waals surface area contributed by atoms with Gasteiger partial charge in [-0.25, -0.2) is 0 Å². The summed E-state index contributed by atoms with van der Waals surface area (Å²) in [5, 5.41) is 11.6. The van der Waals surface area contributed by atoms with Crippen LogP contribution in [0.4, 0.5) is 0 Å². The van der Waals surface area contributed by atoms with E-state index in [-0.39, 0.29) is 17.9 Å². The Bertz CT molecular complexity index is 579. The van der Waals surface area contributed by atoms with Crippen LogP contribution in [0.25, 0.3) is 0 Å². The lowest BCUT2D eigenvalue weighted by molar-refractivity contribution is 0.401. The molecular weight excluding hydrogens is 317 g/mol. The van der Waals surface area contributed by atoms with E-state index >= 15 is 0 Å². The van der Waals surface area contributed by atoms with Gasteiger partial charge in [-0.15, -0.1) is 12.4 Å². The van der Waals surface area contributed by atoms with Gasteiger partial charge in [0.25, 0.3) is 0 Å². The largest absolute Gasteiger partial charge is 0.304 e. The van der Waals surface area contributed by atoms with Crippen molar-refractivity contribution < 1.29 is 0 Å². The van der Waals surface area contributed by atoms with Crippen LogP contribution in [0.3, 0.4) is 0 Å². The summed E-state index contributed by atoms with van der Waals surface area (Å²) in [5.74, 6) is 0. The third-order valence-corrected chi connectivity index (χ3v) is 4.04. The highest BCUT2D eigenvalue weighted by Crippen LogP contribution is 2.28. The van der Waals surface area contributed by atoms with Gasteiger partial charge < -0.3 is 5.32 Å². The van der Waals surface area contributed by atoms with E-state index in [1.165, 1.54) is 0 Å². The molecule has 0 aliphatic carbocycles. The lowest BCUT2D eigenvalue weighted by Gasteiger charge is -2.27. The molecule has 2 aromatic rings. The fourth-order valence-corrected chi connectivity index (χ4v) is 2.16. The number of nitrogens with one attached hydrogen (secondary N) is 2. The summed E-state index contributed by atoms with van der Waals surface area (Å²) in [7, 11) is 0. The van der Waals surface area contributed by atoms with Crippen molar-refractivity contribution >= 4 is 35.6 Å². The highest BCUT2D eigenvalue weighted by Gasteiger charge is 2.21. The Labute approximate surface area is 135 Å². The zero-order valence-corrected chi connectivity index (χ0v) is 14.0. The Morgan fingerprint density at radius 1 is 1.25 bits per heavy atom. The molecular formula is C14H18Cl3N3. The van der Waals surface area contributed by atoms with E-state index < -0.39 is 0 Å². The van der Waals surface area contributed by atoms with Crippen molar-refractivity contribution in [3.63, 3.8) is 0 Å². The summed E-state index contributed by atoms with van der Waals surface area (Å²) in [5.41, 5.74) is 3.14. The number of benzene rings is 1. The molecule has 1 aromatic heterocycles. The van der Waals surface area contributed by atoms with Crippen molar-refractivity contribution in [2.45, 2.75) is 32.9 Å².